The Bertz CT molecular complexity index is 444. The van der Waals surface area contributed by atoms with Crippen LogP contribution in [-0.2, 0) is 0 Å². The largest absolute Gasteiger partial charge is 0.396 e. The maximum absolute atomic E-state index is 12.2. The number of hydrogen-bond acceptors (Lipinski definition) is 4. The molecule has 0 radical (unpaired) electrons. The second kappa shape index (κ2) is 7.24. The number of anilines is 1. The van der Waals surface area contributed by atoms with E-state index in [-0.39, 0.29) is 24.0 Å². The van der Waals surface area contributed by atoms with Crippen LogP contribution in [-0.4, -0.2) is 35.2 Å². The van der Waals surface area contributed by atoms with Gasteiger partial charge in [-0.25, -0.2) is 4.98 Å². The SMILES string of the molecule is CC(C)Nc1ncccc1C(=O)NCC(C)(C)CCO. The van der Waals surface area contributed by atoms with E-state index >= 15 is 0 Å². The Hall–Kier alpha value is -1.62. The summed E-state index contributed by atoms with van der Waals surface area (Å²) in [5, 5.41) is 15.1. The average molecular weight is 279 g/mol. The minimum absolute atomic E-state index is 0.121. The minimum atomic E-state index is -0.146. The maximum atomic E-state index is 12.2. The summed E-state index contributed by atoms with van der Waals surface area (Å²) in [5.74, 6) is 0.451. The first-order valence-electron chi connectivity index (χ1n) is 6.96. The number of nitrogens with one attached hydrogen (secondary N) is 2. The summed E-state index contributed by atoms with van der Waals surface area (Å²) in [6, 6.07) is 3.72. The number of aliphatic hydroxyl groups is 1. The fraction of sp³-hybridized carbons (Fsp3) is 0.600. The Morgan fingerprint density at radius 1 is 1.45 bits per heavy atom. The molecule has 0 aliphatic rings. The average Bonchev–Trinajstić information content (AvgIpc) is 2.36. The highest BCUT2D eigenvalue weighted by Gasteiger charge is 2.20. The van der Waals surface area contributed by atoms with Crippen LogP contribution in [0.1, 0.15) is 44.5 Å². The Kier molecular flexibility index (Phi) is 5.95. The lowest BCUT2D eigenvalue weighted by molar-refractivity contribution is 0.0928. The van der Waals surface area contributed by atoms with Gasteiger partial charge in [-0.05, 0) is 37.8 Å². The molecule has 0 bridgehead atoms. The number of carbonyl (C=O) groups excluding carboxylic acids is 1. The van der Waals surface area contributed by atoms with Gasteiger partial charge in [0.05, 0.1) is 5.56 Å². The van der Waals surface area contributed by atoms with Crippen LogP contribution in [0, 0.1) is 5.41 Å². The smallest absolute Gasteiger partial charge is 0.255 e. The third-order valence-electron chi connectivity index (χ3n) is 2.99. The first kappa shape index (κ1) is 16.4. The molecule has 0 aliphatic carbocycles. The summed E-state index contributed by atoms with van der Waals surface area (Å²) in [7, 11) is 0. The van der Waals surface area contributed by atoms with E-state index in [2.05, 4.69) is 15.6 Å². The fourth-order valence-corrected chi connectivity index (χ4v) is 1.78. The highest BCUT2D eigenvalue weighted by atomic mass is 16.3. The van der Waals surface area contributed by atoms with Crippen molar-refractivity contribution in [2.75, 3.05) is 18.5 Å². The molecule has 1 rings (SSSR count). The second-order valence-electron chi connectivity index (χ2n) is 6.02. The lowest BCUT2D eigenvalue weighted by Crippen LogP contribution is -2.35. The molecule has 0 saturated carbocycles. The molecule has 1 amide bonds. The molecule has 3 N–H and O–H groups in total. The van der Waals surface area contributed by atoms with E-state index < -0.39 is 0 Å². The Labute approximate surface area is 120 Å². The third-order valence-corrected chi connectivity index (χ3v) is 2.99. The molecule has 5 nitrogen and oxygen atoms in total. The molecule has 0 saturated heterocycles. The third kappa shape index (κ3) is 5.17. The topological polar surface area (TPSA) is 74.2 Å². The monoisotopic (exact) mass is 279 g/mol. The predicted molar refractivity (Wildman–Crippen MR) is 80.8 cm³/mol. The zero-order valence-corrected chi connectivity index (χ0v) is 12.7. The van der Waals surface area contributed by atoms with Gasteiger partial charge >= 0.3 is 0 Å². The van der Waals surface area contributed by atoms with E-state index in [4.69, 9.17) is 5.11 Å². The summed E-state index contributed by atoms with van der Waals surface area (Å²) in [6.45, 7) is 8.67. The molecule has 0 aromatic carbocycles. The van der Waals surface area contributed by atoms with Crippen LogP contribution in [0.25, 0.3) is 0 Å². The van der Waals surface area contributed by atoms with Gasteiger partial charge in [0, 0.05) is 25.4 Å². The number of amides is 1. The Morgan fingerprint density at radius 3 is 2.75 bits per heavy atom. The van der Waals surface area contributed by atoms with Crippen LogP contribution in [0.5, 0.6) is 0 Å². The van der Waals surface area contributed by atoms with Gasteiger partial charge in [0.1, 0.15) is 5.82 Å². The minimum Gasteiger partial charge on any atom is -0.396 e. The van der Waals surface area contributed by atoms with E-state index in [0.29, 0.717) is 24.3 Å². The lowest BCUT2D eigenvalue weighted by atomic mass is 9.89. The van der Waals surface area contributed by atoms with Crippen molar-refractivity contribution in [1.29, 1.82) is 0 Å². The molecule has 0 atom stereocenters. The van der Waals surface area contributed by atoms with Crippen molar-refractivity contribution < 1.29 is 9.90 Å². The normalized spacial score (nSPS) is 11.5. The van der Waals surface area contributed by atoms with Crippen LogP contribution >= 0.6 is 0 Å². The number of pyridine rings is 1. The molecule has 0 fully saturated rings. The standard InChI is InChI=1S/C15H25N3O2/c1-11(2)18-13-12(6-5-8-16-13)14(20)17-10-15(3,4)7-9-19/h5-6,8,11,19H,7,9-10H2,1-4H3,(H,16,18)(H,17,20). The Morgan fingerprint density at radius 2 is 2.15 bits per heavy atom. The molecule has 0 aliphatic heterocycles. The van der Waals surface area contributed by atoms with Crippen molar-refractivity contribution in [2.24, 2.45) is 5.41 Å². The molecule has 1 aromatic rings. The molecular formula is C15H25N3O2. The Balaban J connectivity index is 2.73. The quantitative estimate of drug-likeness (QED) is 0.714. The number of aromatic nitrogens is 1. The maximum Gasteiger partial charge on any atom is 0.255 e. The van der Waals surface area contributed by atoms with Crippen molar-refractivity contribution in [3.8, 4) is 0 Å². The summed E-state index contributed by atoms with van der Waals surface area (Å²) in [4.78, 5) is 16.5. The van der Waals surface area contributed by atoms with Crippen LogP contribution < -0.4 is 10.6 Å². The van der Waals surface area contributed by atoms with Crippen molar-refractivity contribution in [1.82, 2.24) is 10.3 Å². The number of nitrogens with zero attached hydrogens (tertiary/aromatic N) is 1. The van der Waals surface area contributed by atoms with Gasteiger partial charge in [0.25, 0.3) is 5.91 Å². The molecule has 5 heteroatoms. The molecule has 0 spiro atoms. The van der Waals surface area contributed by atoms with Crippen LogP contribution in [0.4, 0.5) is 5.82 Å². The first-order chi connectivity index (χ1) is 9.35. The van der Waals surface area contributed by atoms with Gasteiger partial charge in [-0.2, -0.15) is 0 Å². The summed E-state index contributed by atoms with van der Waals surface area (Å²) < 4.78 is 0. The molecule has 1 heterocycles. The molecule has 1 aromatic heterocycles. The van der Waals surface area contributed by atoms with Gasteiger partial charge < -0.3 is 15.7 Å². The van der Waals surface area contributed by atoms with E-state index in [9.17, 15) is 4.79 Å². The zero-order valence-electron chi connectivity index (χ0n) is 12.7. The summed E-state index contributed by atoms with van der Waals surface area (Å²) in [5.41, 5.74) is 0.416. The van der Waals surface area contributed by atoms with E-state index in [0.717, 1.165) is 0 Å². The van der Waals surface area contributed by atoms with Gasteiger partial charge in [-0.3, -0.25) is 4.79 Å². The van der Waals surface area contributed by atoms with Crippen molar-refractivity contribution in [3.05, 3.63) is 23.9 Å². The van der Waals surface area contributed by atoms with Crippen LogP contribution in [0.2, 0.25) is 0 Å². The number of aliphatic hydroxyl groups excluding tert-OH is 1. The van der Waals surface area contributed by atoms with Crippen molar-refractivity contribution in [2.45, 2.75) is 40.2 Å². The lowest BCUT2D eigenvalue weighted by Gasteiger charge is -2.24. The fourth-order valence-electron chi connectivity index (χ4n) is 1.78. The first-order valence-corrected chi connectivity index (χ1v) is 6.96. The van der Waals surface area contributed by atoms with E-state index in [1.165, 1.54) is 0 Å². The van der Waals surface area contributed by atoms with Gasteiger partial charge in [0.15, 0.2) is 0 Å². The predicted octanol–water partition coefficient (Wildman–Crippen LogP) is 2.04. The highest BCUT2D eigenvalue weighted by molar-refractivity contribution is 5.98. The zero-order chi connectivity index (χ0) is 15.2. The van der Waals surface area contributed by atoms with E-state index in [1.807, 2.05) is 27.7 Å². The molecule has 20 heavy (non-hydrogen) atoms. The van der Waals surface area contributed by atoms with Gasteiger partial charge in [-0.15, -0.1) is 0 Å². The number of hydrogen-bond donors (Lipinski definition) is 3. The summed E-state index contributed by atoms with van der Waals surface area (Å²) in [6.07, 6.45) is 2.31. The summed E-state index contributed by atoms with van der Waals surface area (Å²) >= 11 is 0. The molecule has 112 valence electrons. The van der Waals surface area contributed by atoms with E-state index in [1.54, 1.807) is 18.3 Å². The highest BCUT2D eigenvalue weighted by Crippen LogP contribution is 2.19. The van der Waals surface area contributed by atoms with Gasteiger partial charge in [-0.1, -0.05) is 13.8 Å². The van der Waals surface area contributed by atoms with Gasteiger partial charge in [0.2, 0.25) is 0 Å². The number of carbonyl (C=O) groups is 1. The number of rotatable bonds is 7. The van der Waals surface area contributed by atoms with Crippen molar-refractivity contribution >= 4 is 11.7 Å². The molecule has 0 unspecified atom stereocenters. The van der Waals surface area contributed by atoms with Crippen LogP contribution in [0.3, 0.4) is 0 Å². The molecular weight excluding hydrogens is 254 g/mol. The second-order valence-corrected chi connectivity index (χ2v) is 6.02. The van der Waals surface area contributed by atoms with Crippen LogP contribution in [0.15, 0.2) is 18.3 Å². The van der Waals surface area contributed by atoms with Crippen molar-refractivity contribution in [3.63, 3.8) is 0 Å².